The molecule has 0 radical (unpaired) electrons. The van der Waals surface area contributed by atoms with Crippen LogP contribution >= 0.6 is 0 Å². The van der Waals surface area contributed by atoms with E-state index in [0.717, 1.165) is 22.6 Å². The lowest BCUT2D eigenvalue weighted by atomic mass is 10.0. The molecule has 1 aliphatic heterocycles. The molecule has 144 valence electrons. The highest BCUT2D eigenvalue weighted by molar-refractivity contribution is 6.16. The highest BCUT2D eigenvalue weighted by atomic mass is 16.5. The number of rotatable bonds is 5. The molecule has 0 saturated carbocycles. The Morgan fingerprint density at radius 3 is 2.46 bits per heavy atom. The summed E-state index contributed by atoms with van der Waals surface area (Å²) in [6, 6.07) is 12.0. The molecule has 0 unspecified atom stereocenters. The Hall–Kier alpha value is -3.34. The number of benzene rings is 1. The van der Waals surface area contributed by atoms with Crippen molar-refractivity contribution < 1.29 is 14.3 Å². The molecular weight excluding hydrogens is 352 g/mol. The van der Waals surface area contributed by atoms with E-state index in [0.29, 0.717) is 23.4 Å². The lowest BCUT2D eigenvalue weighted by Crippen LogP contribution is -2.25. The van der Waals surface area contributed by atoms with Crippen LogP contribution in [0.1, 0.15) is 23.9 Å². The standard InChI is InChI=1S/C23H24N2O3/c1-6-12-24-17(4)21(23(27)28-5)20(22(24)26)14-18-13-15(2)25(16(18)3)19-10-8-7-9-11-19/h6-11,13-14H,1,12H2,2-5H3/b20-14-. The van der Waals surface area contributed by atoms with Crippen LogP contribution in [0, 0.1) is 13.8 Å². The largest absolute Gasteiger partial charge is 0.465 e. The summed E-state index contributed by atoms with van der Waals surface area (Å²) in [6.45, 7) is 9.81. The number of aryl methyl sites for hydroxylation is 1. The van der Waals surface area contributed by atoms with Gasteiger partial charge in [-0.2, -0.15) is 0 Å². The zero-order valence-corrected chi connectivity index (χ0v) is 16.7. The van der Waals surface area contributed by atoms with Crippen LogP contribution in [-0.4, -0.2) is 35.0 Å². The second kappa shape index (κ2) is 7.72. The maximum atomic E-state index is 13.0. The molecule has 1 aromatic heterocycles. The van der Waals surface area contributed by atoms with Gasteiger partial charge in [-0.3, -0.25) is 4.79 Å². The summed E-state index contributed by atoms with van der Waals surface area (Å²) in [5, 5.41) is 0. The molecule has 5 nitrogen and oxygen atoms in total. The van der Waals surface area contributed by atoms with E-state index < -0.39 is 5.97 Å². The van der Waals surface area contributed by atoms with Crippen LogP contribution in [0.2, 0.25) is 0 Å². The van der Waals surface area contributed by atoms with Crippen molar-refractivity contribution in [1.29, 1.82) is 0 Å². The molecule has 28 heavy (non-hydrogen) atoms. The second-order valence-corrected chi connectivity index (χ2v) is 6.71. The van der Waals surface area contributed by atoms with Crippen molar-refractivity contribution in [3.05, 3.63) is 82.8 Å². The summed E-state index contributed by atoms with van der Waals surface area (Å²) < 4.78 is 7.05. The summed E-state index contributed by atoms with van der Waals surface area (Å²) in [4.78, 5) is 26.9. The van der Waals surface area contributed by atoms with Gasteiger partial charge >= 0.3 is 5.97 Å². The molecule has 1 aromatic carbocycles. The first kappa shape index (κ1) is 19.4. The minimum Gasteiger partial charge on any atom is -0.465 e. The number of amides is 1. The average Bonchev–Trinajstić information content (AvgIpc) is 3.10. The molecule has 0 bridgehead atoms. The number of ether oxygens (including phenoxy) is 1. The first-order chi connectivity index (χ1) is 13.4. The van der Waals surface area contributed by atoms with Crippen LogP contribution < -0.4 is 0 Å². The number of carbonyl (C=O) groups excluding carboxylic acids is 2. The van der Waals surface area contributed by atoms with E-state index in [2.05, 4.69) is 11.1 Å². The van der Waals surface area contributed by atoms with E-state index in [1.54, 1.807) is 24.0 Å². The molecule has 5 heteroatoms. The maximum absolute atomic E-state index is 13.0. The Kier molecular flexibility index (Phi) is 5.36. The monoisotopic (exact) mass is 376 g/mol. The van der Waals surface area contributed by atoms with Gasteiger partial charge in [0.1, 0.15) is 0 Å². The summed E-state index contributed by atoms with van der Waals surface area (Å²) in [5.74, 6) is -0.733. The van der Waals surface area contributed by atoms with Gasteiger partial charge in [0.2, 0.25) is 0 Å². The average molecular weight is 376 g/mol. The Bertz CT molecular complexity index is 1010. The normalized spacial score (nSPS) is 15.5. The Morgan fingerprint density at radius 2 is 1.86 bits per heavy atom. The SMILES string of the molecule is C=CCN1C(=O)/C(=C\c2cc(C)n(-c3ccccc3)c2C)C(C(=O)OC)=C1C. The molecule has 1 aliphatic rings. The number of allylic oxidation sites excluding steroid dienone is 1. The fourth-order valence-corrected chi connectivity index (χ4v) is 3.64. The van der Waals surface area contributed by atoms with Crippen LogP contribution in [0.15, 0.2) is 65.9 Å². The fraction of sp³-hybridized carbons (Fsp3) is 0.217. The van der Waals surface area contributed by atoms with Crippen LogP contribution in [0.25, 0.3) is 11.8 Å². The third-order valence-corrected chi connectivity index (χ3v) is 5.00. The van der Waals surface area contributed by atoms with Crippen LogP contribution in [-0.2, 0) is 14.3 Å². The minimum atomic E-state index is -0.513. The summed E-state index contributed by atoms with van der Waals surface area (Å²) in [5.41, 5.74) is 5.21. The van der Waals surface area contributed by atoms with Gasteiger partial charge < -0.3 is 14.2 Å². The van der Waals surface area contributed by atoms with Gasteiger partial charge in [-0.05, 0) is 50.6 Å². The zero-order chi connectivity index (χ0) is 20.4. The molecule has 0 aliphatic carbocycles. The van der Waals surface area contributed by atoms with Gasteiger partial charge in [0.25, 0.3) is 5.91 Å². The quantitative estimate of drug-likeness (QED) is 0.451. The first-order valence-corrected chi connectivity index (χ1v) is 9.09. The molecule has 0 saturated heterocycles. The van der Waals surface area contributed by atoms with Gasteiger partial charge in [-0.15, -0.1) is 6.58 Å². The Morgan fingerprint density at radius 1 is 1.18 bits per heavy atom. The number of hydrogen-bond donors (Lipinski definition) is 0. The Balaban J connectivity index is 2.13. The molecule has 1 amide bonds. The lowest BCUT2D eigenvalue weighted by molar-refractivity contribution is -0.136. The number of nitrogens with zero attached hydrogens (tertiary/aromatic N) is 2. The highest BCUT2D eigenvalue weighted by Crippen LogP contribution is 2.33. The Labute approximate surface area is 165 Å². The predicted molar refractivity (Wildman–Crippen MR) is 110 cm³/mol. The van der Waals surface area contributed by atoms with Crippen molar-refractivity contribution in [1.82, 2.24) is 9.47 Å². The third kappa shape index (κ3) is 3.20. The number of aromatic nitrogens is 1. The predicted octanol–water partition coefficient (Wildman–Crippen LogP) is 3.95. The number of para-hydroxylation sites is 1. The summed E-state index contributed by atoms with van der Waals surface area (Å²) in [7, 11) is 1.32. The molecule has 0 N–H and O–H groups in total. The molecule has 2 aromatic rings. The number of methoxy groups -OCH3 is 1. The van der Waals surface area contributed by atoms with E-state index in [4.69, 9.17) is 4.74 Å². The molecule has 0 spiro atoms. The van der Waals surface area contributed by atoms with Crippen molar-refractivity contribution >= 4 is 18.0 Å². The van der Waals surface area contributed by atoms with Gasteiger partial charge in [0.05, 0.1) is 18.3 Å². The van der Waals surface area contributed by atoms with Gasteiger partial charge in [0.15, 0.2) is 0 Å². The third-order valence-electron chi connectivity index (χ3n) is 5.00. The number of carbonyl (C=O) groups is 2. The van der Waals surface area contributed by atoms with Crippen LogP contribution in [0.3, 0.4) is 0 Å². The van der Waals surface area contributed by atoms with Crippen LogP contribution in [0.5, 0.6) is 0 Å². The lowest BCUT2D eigenvalue weighted by Gasteiger charge is -2.14. The smallest absolute Gasteiger partial charge is 0.340 e. The topological polar surface area (TPSA) is 51.5 Å². The number of esters is 1. The molecule has 3 rings (SSSR count). The van der Waals surface area contributed by atoms with Crippen molar-refractivity contribution in [3.8, 4) is 5.69 Å². The van der Waals surface area contributed by atoms with E-state index in [1.807, 2.05) is 50.2 Å². The molecule has 0 fully saturated rings. The van der Waals surface area contributed by atoms with E-state index in [1.165, 1.54) is 7.11 Å². The van der Waals surface area contributed by atoms with Crippen molar-refractivity contribution in [2.75, 3.05) is 13.7 Å². The highest BCUT2D eigenvalue weighted by Gasteiger charge is 2.36. The minimum absolute atomic E-state index is 0.220. The first-order valence-electron chi connectivity index (χ1n) is 9.09. The second-order valence-electron chi connectivity index (χ2n) is 6.71. The van der Waals surface area contributed by atoms with E-state index >= 15 is 0 Å². The maximum Gasteiger partial charge on any atom is 0.340 e. The fourth-order valence-electron chi connectivity index (χ4n) is 3.64. The van der Waals surface area contributed by atoms with E-state index in [-0.39, 0.29) is 5.91 Å². The van der Waals surface area contributed by atoms with Crippen molar-refractivity contribution in [2.24, 2.45) is 0 Å². The number of hydrogen-bond acceptors (Lipinski definition) is 3. The van der Waals surface area contributed by atoms with E-state index in [9.17, 15) is 9.59 Å². The van der Waals surface area contributed by atoms with Crippen molar-refractivity contribution in [3.63, 3.8) is 0 Å². The molecule has 2 heterocycles. The van der Waals surface area contributed by atoms with Gasteiger partial charge in [-0.25, -0.2) is 4.79 Å². The van der Waals surface area contributed by atoms with Crippen molar-refractivity contribution in [2.45, 2.75) is 20.8 Å². The van der Waals surface area contributed by atoms with Gasteiger partial charge in [-0.1, -0.05) is 24.3 Å². The van der Waals surface area contributed by atoms with Gasteiger partial charge in [0, 0.05) is 29.3 Å². The molecule has 0 atom stereocenters. The molecular formula is C23H24N2O3. The van der Waals surface area contributed by atoms with Crippen LogP contribution in [0.4, 0.5) is 0 Å². The zero-order valence-electron chi connectivity index (χ0n) is 16.7. The summed E-state index contributed by atoms with van der Waals surface area (Å²) in [6.07, 6.45) is 3.42. The summed E-state index contributed by atoms with van der Waals surface area (Å²) >= 11 is 0.